The largest absolute Gasteiger partial charge is 0.468 e. The molecule has 7 nitrogen and oxygen atoms in total. The fourth-order valence-corrected chi connectivity index (χ4v) is 6.78. The predicted octanol–water partition coefficient (Wildman–Crippen LogP) is 7.83. The van der Waals surface area contributed by atoms with E-state index in [9.17, 15) is 13.2 Å². The number of carbonyl (C=O) groups is 1. The molecule has 1 aliphatic carbocycles. The molecule has 4 aromatic carbocycles. The zero-order chi connectivity index (χ0) is 32.1. The minimum absolute atomic E-state index is 0.0838. The number of imidazole rings is 1. The van der Waals surface area contributed by atoms with Crippen LogP contribution in [0.2, 0.25) is 0 Å². The Balaban J connectivity index is 1.25. The van der Waals surface area contributed by atoms with Crippen molar-refractivity contribution in [2.75, 3.05) is 25.2 Å². The number of sulfone groups is 1. The first kappa shape index (κ1) is 31.3. The number of carbonyl (C=O) groups excluding carboxylic acids is 1. The Morgan fingerprint density at radius 2 is 1.43 bits per heavy atom. The van der Waals surface area contributed by atoms with Crippen molar-refractivity contribution < 1.29 is 17.9 Å². The number of esters is 1. The highest BCUT2D eigenvalue weighted by Gasteiger charge is 2.16. The Bertz CT molecular complexity index is 1890. The maximum Gasteiger partial charge on any atom is 0.325 e. The highest BCUT2D eigenvalue weighted by atomic mass is 32.2. The number of nitrogens with one attached hydrogen (secondary N) is 1. The molecule has 8 heteroatoms. The van der Waals surface area contributed by atoms with E-state index >= 15 is 0 Å². The van der Waals surface area contributed by atoms with Gasteiger partial charge in [0, 0.05) is 35.8 Å². The number of nitrogens with zero attached hydrogens (tertiary/aromatic N) is 2. The molecule has 1 aromatic heterocycles. The summed E-state index contributed by atoms with van der Waals surface area (Å²) in [6, 6.07) is 32.3. The van der Waals surface area contributed by atoms with Gasteiger partial charge in [0.25, 0.3) is 0 Å². The van der Waals surface area contributed by atoms with Gasteiger partial charge in [0.05, 0.1) is 17.7 Å². The molecule has 0 atom stereocenters. The summed E-state index contributed by atoms with van der Waals surface area (Å²) in [7, 11) is -1.93. The SMILES string of the molecule is COC(=O)CNc1ccc(-n2cc(-c3ccc(S(C)(=O)=O)cc3)nc2Cc2ccc(-c3ccc(C4CCCCC4)cc3)cc2)cc1. The van der Waals surface area contributed by atoms with Crippen LogP contribution in [0.5, 0.6) is 0 Å². The molecule has 46 heavy (non-hydrogen) atoms. The normalized spacial score (nSPS) is 13.8. The van der Waals surface area contributed by atoms with Gasteiger partial charge >= 0.3 is 5.97 Å². The van der Waals surface area contributed by atoms with Crippen molar-refractivity contribution in [3.8, 4) is 28.1 Å². The van der Waals surface area contributed by atoms with Crippen LogP contribution in [0.4, 0.5) is 5.69 Å². The van der Waals surface area contributed by atoms with Crippen LogP contribution in [-0.2, 0) is 25.8 Å². The van der Waals surface area contributed by atoms with Gasteiger partial charge in [-0.3, -0.25) is 4.79 Å². The summed E-state index contributed by atoms with van der Waals surface area (Å²) in [6.45, 7) is 0.0838. The molecule has 0 bridgehead atoms. The average Bonchev–Trinajstić information content (AvgIpc) is 3.51. The number of aromatic nitrogens is 2. The van der Waals surface area contributed by atoms with Gasteiger partial charge in [-0.1, -0.05) is 79.9 Å². The number of methoxy groups -OCH3 is 1. The van der Waals surface area contributed by atoms with Gasteiger partial charge in [0.15, 0.2) is 9.84 Å². The minimum Gasteiger partial charge on any atom is -0.468 e. The van der Waals surface area contributed by atoms with Crippen molar-refractivity contribution in [2.45, 2.75) is 49.3 Å². The summed E-state index contributed by atoms with van der Waals surface area (Å²) in [5.41, 5.74) is 8.28. The van der Waals surface area contributed by atoms with Gasteiger partial charge < -0.3 is 14.6 Å². The van der Waals surface area contributed by atoms with E-state index in [2.05, 4.69) is 58.4 Å². The fourth-order valence-electron chi connectivity index (χ4n) is 6.15. The standard InChI is InChI=1S/C38H39N3O4S/c1-45-38(42)25-39-33-18-20-34(21-19-33)41-26-36(32-16-22-35(23-17-32)46(2,43)44)40-37(41)24-27-8-10-29(11-9-27)31-14-12-30(13-15-31)28-6-4-3-5-7-28/h8-23,26,28,39H,3-7,24-25H2,1-2H3. The topological polar surface area (TPSA) is 90.3 Å². The summed E-state index contributed by atoms with van der Waals surface area (Å²) in [6.07, 6.45) is 10.4. The second-order valence-corrected chi connectivity index (χ2v) is 14.0. The van der Waals surface area contributed by atoms with Crippen molar-refractivity contribution in [2.24, 2.45) is 0 Å². The highest BCUT2D eigenvalue weighted by Crippen LogP contribution is 2.34. The van der Waals surface area contributed by atoms with Crippen LogP contribution in [0.15, 0.2) is 108 Å². The van der Waals surface area contributed by atoms with Crippen LogP contribution in [0.3, 0.4) is 0 Å². The third-order valence-electron chi connectivity index (χ3n) is 8.80. The van der Waals surface area contributed by atoms with Crippen LogP contribution in [0.1, 0.15) is 55.0 Å². The van der Waals surface area contributed by atoms with E-state index in [4.69, 9.17) is 9.72 Å². The molecule has 5 aromatic rings. The molecule has 0 aliphatic heterocycles. The Morgan fingerprint density at radius 3 is 2.04 bits per heavy atom. The van der Waals surface area contributed by atoms with Crippen molar-refractivity contribution in [3.63, 3.8) is 0 Å². The number of ether oxygens (including phenoxy) is 1. The summed E-state index contributed by atoms with van der Waals surface area (Å²) < 4.78 is 30.8. The van der Waals surface area contributed by atoms with Gasteiger partial charge in [0.1, 0.15) is 12.4 Å². The quantitative estimate of drug-likeness (QED) is 0.158. The molecule has 1 aliphatic rings. The first-order chi connectivity index (χ1) is 22.3. The molecule has 0 saturated heterocycles. The third kappa shape index (κ3) is 7.40. The monoisotopic (exact) mass is 633 g/mol. The predicted molar refractivity (Wildman–Crippen MR) is 183 cm³/mol. The van der Waals surface area contributed by atoms with E-state index in [0.717, 1.165) is 34.0 Å². The number of benzene rings is 4. The number of rotatable bonds is 10. The molecular formula is C38H39N3O4S. The zero-order valence-corrected chi connectivity index (χ0v) is 27.1. The van der Waals surface area contributed by atoms with Crippen LogP contribution in [0.25, 0.3) is 28.1 Å². The van der Waals surface area contributed by atoms with E-state index in [1.54, 1.807) is 24.3 Å². The lowest BCUT2D eigenvalue weighted by molar-refractivity contribution is -0.138. The van der Waals surface area contributed by atoms with Crippen LogP contribution < -0.4 is 5.32 Å². The van der Waals surface area contributed by atoms with Gasteiger partial charge in [-0.2, -0.15) is 0 Å². The average molecular weight is 634 g/mol. The summed E-state index contributed by atoms with van der Waals surface area (Å²) >= 11 is 0. The maximum atomic E-state index is 12.0. The van der Waals surface area contributed by atoms with Crippen molar-refractivity contribution in [1.82, 2.24) is 9.55 Å². The molecule has 1 N–H and O–H groups in total. The number of hydrogen-bond donors (Lipinski definition) is 1. The molecule has 0 radical (unpaired) electrons. The Hall–Kier alpha value is -4.69. The molecule has 1 heterocycles. The van der Waals surface area contributed by atoms with Gasteiger partial charge in [-0.05, 0) is 77.4 Å². The summed E-state index contributed by atoms with van der Waals surface area (Å²) in [5.74, 6) is 1.21. The maximum absolute atomic E-state index is 12.0. The summed E-state index contributed by atoms with van der Waals surface area (Å²) in [5, 5.41) is 3.07. The van der Waals surface area contributed by atoms with E-state index in [1.807, 2.05) is 30.5 Å². The lowest BCUT2D eigenvalue weighted by atomic mass is 9.83. The summed E-state index contributed by atoms with van der Waals surface area (Å²) in [4.78, 5) is 16.8. The van der Waals surface area contributed by atoms with Crippen LogP contribution in [-0.4, -0.2) is 43.8 Å². The molecule has 0 amide bonds. The van der Waals surface area contributed by atoms with Crippen LogP contribution >= 0.6 is 0 Å². The first-order valence-corrected chi connectivity index (χ1v) is 17.6. The Morgan fingerprint density at radius 1 is 0.826 bits per heavy atom. The Kier molecular flexibility index (Phi) is 9.35. The molecule has 236 valence electrons. The van der Waals surface area contributed by atoms with E-state index in [0.29, 0.717) is 12.3 Å². The van der Waals surface area contributed by atoms with Gasteiger partial charge in [-0.15, -0.1) is 0 Å². The highest BCUT2D eigenvalue weighted by molar-refractivity contribution is 7.90. The second-order valence-electron chi connectivity index (χ2n) is 12.0. The molecule has 0 unspecified atom stereocenters. The molecule has 6 rings (SSSR count). The molecule has 1 saturated carbocycles. The van der Waals surface area contributed by atoms with Gasteiger partial charge in [0.2, 0.25) is 0 Å². The first-order valence-electron chi connectivity index (χ1n) is 15.8. The molecule has 0 spiro atoms. The number of anilines is 1. The lowest BCUT2D eigenvalue weighted by Gasteiger charge is -2.22. The smallest absolute Gasteiger partial charge is 0.325 e. The minimum atomic E-state index is -3.30. The van der Waals surface area contributed by atoms with Crippen molar-refractivity contribution in [1.29, 1.82) is 0 Å². The van der Waals surface area contributed by atoms with Crippen LogP contribution in [0, 0.1) is 0 Å². The zero-order valence-electron chi connectivity index (χ0n) is 26.3. The third-order valence-corrected chi connectivity index (χ3v) is 9.93. The molecular weight excluding hydrogens is 595 g/mol. The van der Waals surface area contributed by atoms with Crippen molar-refractivity contribution in [3.05, 3.63) is 120 Å². The van der Waals surface area contributed by atoms with E-state index < -0.39 is 9.84 Å². The van der Waals surface area contributed by atoms with E-state index in [1.165, 1.54) is 62.2 Å². The second kappa shape index (κ2) is 13.7. The van der Waals surface area contributed by atoms with Crippen molar-refractivity contribution >= 4 is 21.5 Å². The Labute approximate surface area is 271 Å². The molecule has 1 fully saturated rings. The van der Waals surface area contributed by atoms with E-state index in [-0.39, 0.29) is 17.4 Å². The number of hydrogen-bond acceptors (Lipinski definition) is 6. The lowest BCUT2D eigenvalue weighted by Crippen LogP contribution is -2.14. The van der Waals surface area contributed by atoms with Gasteiger partial charge in [-0.25, -0.2) is 13.4 Å². The fraction of sp³-hybridized carbons (Fsp3) is 0.263.